The lowest BCUT2D eigenvalue weighted by Crippen LogP contribution is -2.43. The molecule has 0 aromatic heterocycles. The van der Waals surface area contributed by atoms with Gasteiger partial charge < -0.3 is 5.32 Å². The summed E-state index contributed by atoms with van der Waals surface area (Å²) in [6.45, 7) is 0.180. The van der Waals surface area contributed by atoms with Crippen molar-refractivity contribution >= 4 is 38.9 Å². The Morgan fingerprint density at radius 3 is 2.59 bits per heavy atom. The van der Waals surface area contributed by atoms with Gasteiger partial charge in [0, 0.05) is 25.2 Å². The van der Waals surface area contributed by atoms with Gasteiger partial charge in [0.15, 0.2) is 0 Å². The van der Waals surface area contributed by atoms with Gasteiger partial charge in [0.2, 0.25) is 15.9 Å². The van der Waals surface area contributed by atoms with Crippen LogP contribution in [0.5, 0.6) is 0 Å². The molecule has 8 nitrogen and oxygen atoms in total. The lowest BCUT2D eigenvalue weighted by Gasteiger charge is -2.31. The van der Waals surface area contributed by atoms with Crippen LogP contribution in [-0.4, -0.2) is 36.6 Å². The van der Waals surface area contributed by atoms with Gasteiger partial charge in [-0.2, -0.15) is 4.31 Å². The van der Waals surface area contributed by atoms with Gasteiger partial charge in [0.1, 0.15) is 5.82 Å². The van der Waals surface area contributed by atoms with E-state index < -0.39 is 32.6 Å². The molecule has 1 fully saturated rings. The molecule has 11 heteroatoms. The first-order chi connectivity index (χ1) is 13.7. The molecule has 2 aromatic rings. The van der Waals surface area contributed by atoms with Crippen molar-refractivity contribution < 1.29 is 22.5 Å². The lowest BCUT2D eigenvalue weighted by atomic mass is 9.98. The fraction of sp³-hybridized carbons (Fsp3) is 0.278. The van der Waals surface area contributed by atoms with Crippen LogP contribution < -0.4 is 5.32 Å². The maximum atomic E-state index is 13.1. The largest absolute Gasteiger partial charge is 0.324 e. The highest BCUT2D eigenvalue weighted by Gasteiger charge is 2.33. The summed E-state index contributed by atoms with van der Waals surface area (Å²) in [4.78, 5) is 22.9. The van der Waals surface area contributed by atoms with Gasteiger partial charge in [-0.3, -0.25) is 14.9 Å². The highest BCUT2D eigenvalue weighted by atomic mass is 35.5. The number of benzene rings is 2. The predicted octanol–water partition coefficient (Wildman–Crippen LogP) is 3.43. The topological polar surface area (TPSA) is 110 Å². The van der Waals surface area contributed by atoms with Crippen LogP contribution >= 0.6 is 11.6 Å². The molecular weight excluding hydrogens is 425 g/mol. The van der Waals surface area contributed by atoms with E-state index in [2.05, 4.69) is 5.32 Å². The fourth-order valence-corrected chi connectivity index (χ4v) is 4.78. The molecule has 1 aliphatic rings. The smallest absolute Gasteiger partial charge is 0.271 e. The van der Waals surface area contributed by atoms with Gasteiger partial charge in [0.25, 0.3) is 5.69 Å². The van der Waals surface area contributed by atoms with E-state index in [1.165, 1.54) is 28.6 Å². The van der Waals surface area contributed by atoms with Crippen LogP contribution in [0.15, 0.2) is 47.4 Å². The molecule has 1 aliphatic heterocycles. The molecule has 0 aliphatic carbocycles. The molecule has 29 heavy (non-hydrogen) atoms. The monoisotopic (exact) mass is 441 g/mol. The summed E-state index contributed by atoms with van der Waals surface area (Å²) in [5.74, 6) is -1.69. The molecule has 1 saturated heterocycles. The minimum absolute atomic E-state index is 0.0540. The number of rotatable bonds is 5. The second-order valence-corrected chi connectivity index (χ2v) is 8.91. The Morgan fingerprint density at radius 2 is 1.93 bits per heavy atom. The number of amides is 1. The molecule has 0 bridgehead atoms. The van der Waals surface area contributed by atoms with Crippen LogP contribution in [0, 0.1) is 21.8 Å². The number of hydrogen-bond acceptors (Lipinski definition) is 5. The quantitative estimate of drug-likeness (QED) is 0.564. The molecule has 3 rings (SSSR count). The van der Waals surface area contributed by atoms with Gasteiger partial charge in [0.05, 0.1) is 26.4 Å². The van der Waals surface area contributed by atoms with Crippen LogP contribution in [0.2, 0.25) is 5.02 Å². The molecule has 0 spiro atoms. The van der Waals surface area contributed by atoms with Crippen LogP contribution in [0.25, 0.3) is 0 Å². The lowest BCUT2D eigenvalue weighted by molar-refractivity contribution is -0.384. The summed E-state index contributed by atoms with van der Waals surface area (Å²) in [5.41, 5.74) is -0.141. The number of anilines is 1. The van der Waals surface area contributed by atoms with E-state index in [9.17, 15) is 27.7 Å². The molecule has 1 atom stereocenters. The Kier molecular flexibility index (Phi) is 6.15. The van der Waals surface area contributed by atoms with Crippen LogP contribution in [-0.2, 0) is 14.8 Å². The van der Waals surface area contributed by atoms with Crippen molar-refractivity contribution in [3.8, 4) is 0 Å². The summed E-state index contributed by atoms with van der Waals surface area (Å²) in [5, 5.41) is 13.6. The molecule has 2 aromatic carbocycles. The van der Waals surface area contributed by atoms with Crippen molar-refractivity contribution in [1.82, 2.24) is 4.31 Å². The van der Waals surface area contributed by atoms with Crippen molar-refractivity contribution in [2.75, 3.05) is 18.4 Å². The van der Waals surface area contributed by atoms with E-state index >= 15 is 0 Å². The zero-order valence-electron chi connectivity index (χ0n) is 15.0. The molecule has 1 N–H and O–H groups in total. The second-order valence-electron chi connectivity index (χ2n) is 6.57. The third kappa shape index (κ3) is 4.72. The van der Waals surface area contributed by atoms with Gasteiger partial charge in [-0.1, -0.05) is 11.6 Å². The number of nitrogens with zero attached hydrogens (tertiary/aromatic N) is 2. The third-order valence-corrected chi connectivity index (χ3v) is 6.83. The van der Waals surface area contributed by atoms with E-state index in [0.29, 0.717) is 12.8 Å². The first-order valence-electron chi connectivity index (χ1n) is 8.69. The van der Waals surface area contributed by atoms with Crippen molar-refractivity contribution in [1.29, 1.82) is 0 Å². The number of carbonyl (C=O) groups excluding carboxylic acids is 1. The van der Waals surface area contributed by atoms with Crippen molar-refractivity contribution in [2.45, 2.75) is 17.7 Å². The highest BCUT2D eigenvalue weighted by Crippen LogP contribution is 2.29. The van der Waals surface area contributed by atoms with E-state index in [-0.39, 0.29) is 34.4 Å². The minimum atomic E-state index is -3.87. The maximum Gasteiger partial charge on any atom is 0.271 e. The van der Waals surface area contributed by atoms with E-state index in [1.54, 1.807) is 0 Å². The summed E-state index contributed by atoms with van der Waals surface area (Å²) in [6, 6.07) is 8.15. The number of nitrogens with one attached hydrogen (secondary N) is 1. The number of nitro benzene ring substituents is 1. The Bertz CT molecular complexity index is 1050. The van der Waals surface area contributed by atoms with Crippen LogP contribution in [0.3, 0.4) is 0 Å². The zero-order valence-corrected chi connectivity index (χ0v) is 16.6. The predicted molar refractivity (Wildman–Crippen MR) is 105 cm³/mol. The molecule has 0 radical (unpaired) electrons. The Hall–Kier alpha value is -2.56. The number of halogens is 2. The highest BCUT2D eigenvalue weighted by molar-refractivity contribution is 7.89. The fourth-order valence-electron chi connectivity index (χ4n) is 3.09. The number of carbonyl (C=O) groups is 1. The third-order valence-electron chi connectivity index (χ3n) is 4.62. The molecule has 0 unspecified atom stereocenters. The number of nitro groups is 1. The molecule has 1 heterocycles. The normalized spacial score (nSPS) is 17.7. The first kappa shape index (κ1) is 21.2. The van der Waals surface area contributed by atoms with Gasteiger partial charge in [-0.15, -0.1) is 0 Å². The van der Waals surface area contributed by atoms with Gasteiger partial charge in [-0.05, 0) is 43.2 Å². The average molecular weight is 442 g/mol. The SMILES string of the molecule is O=C(Nc1cc([N+](=O)[O-])ccc1Cl)[C@@H]1CCCN(S(=O)(=O)c2ccc(F)cc2)C1. The van der Waals surface area contributed by atoms with Gasteiger partial charge >= 0.3 is 0 Å². The molecule has 154 valence electrons. The van der Waals surface area contributed by atoms with Crippen LogP contribution in [0.1, 0.15) is 12.8 Å². The average Bonchev–Trinajstić information content (AvgIpc) is 2.70. The minimum Gasteiger partial charge on any atom is -0.324 e. The van der Waals surface area contributed by atoms with Crippen molar-refractivity contribution in [2.24, 2.45) is 5.92 Å². The Balaban J connectivity index is 1.75. The van der Waals surface area contributed by atoms with E-state index in [1.807, 2.05) is 0 Å². The number of non-ortho nitro benzene ring substituents is 1. The Labute approximate surface area is 171 Å². The molecule has 0 saturated carbocycles. The molecular formula is C18H17ClFN3O5S. The summed E-state index contributed by atoms with van der Waals surface area (Å²) >= 11 is 6.00. The first-order valence-corrected chi connectivity index (χ1v) is 10.5. The maximum absolute atomic E-state index is 13.1. The summed E-state index contributed by atoms with van der Waals surface area (Å²) in [7, 11) is -3.87. The van der Waals surface area contributed by atoms with Crippen molar-refractivity contribution in [3.63, 3.8) is 0 Å². The molecule has 1 amide bonds. The standard InChI is InChI=1S/C18H17ClFN3O5S/c19-16-8-5-14(23(25)26)10-17(16)21-18(24)12-2-1-9-22(11-12)29(27,28)15-6-3-13(20)4-7-15/h3-8,10,12H,1-2,9,11H2,(H,21,24)/t12-/m1/s1. The number of sulfonamides is 1. The summed E-state index contributed by atoms with van der Waals surface area (Å²) in [6.07, 6.45) is 0.912. The van der Waals surface area contributed by atoms with Crippen LogP contribution in [0.4, 0.5) is 15.8 Å². The number of piperidine rings is 1. The zero-order chi connectivity index (χ0) is 21.2. The number of hydrogen-bond donors (Lipinski definition) is 1. The Morgan fingerprint density at radius 1 is 1.24 bits per heavy atom. The van der Waals surface area contributed by atoms with E-state index in [0.717, 1.165) is 18.2 Å². The summed E-state index contributed by atoms with van der Waals surface area (Å²) < 4.78 is 39.8. The second kappa shape index (κ2) is 8.44. The van der Waals surface area contributed by atoms with Gasteiger partial charge in [-0.25, -0.2) is 12.8 Å². The van der Waals surface area contributed by atoms with Crippen molar-refractivity contribution in [3.05, 3.63) is 63.4 Å². The van der Waals surface area contributed by atoms with E-state index in [4.69, 9.17) is 11.6 Å².